The molecule has 0 spiro atoms. The van der Waals surface area contributed by atoms with Gasteiger partial charge in [-0.15, -0.1) is 0 Å². The predicted octanol–water partition coefficient (Wildman–Crippen LogP) is 3.67. The lowest BCUT2D eigenvalue weighted by Gasteiger charge is -2.02. The van der Waals surface area contributed by atoms with E-state index in [0.29, 0.717) is 0 Å². The maximum Gasteiger partial charge on any atom is 0.169 e. The number of halogens is 1. The monoisotopic (exact) mass is 291 g/mol. The summed E-state index contributed by atoms with van der Waals surface area (Å²) < 4.78 is 6.18. The zero-order valence-electron chi connectivity index (χ0n) is 9.09. The molecule has 15 heavy (non-hydrogen) atoms. The van der Waals surface area contributed by atoms with Gasteiger partial charge in [-0.25, -0.2) is 0 Å². The predicted molar refractivity (Wildman–Crippen MR) is 70.3 cm³/mol. The summed E-state index contributed by atoms with van der Waals surface area (Å²) in [6.07, 6.45) is 6.06. The molecule has 0 bridgehead atoms. The van der Waals surface area contributed by atoms with Crippen LogP contribution in [0.25, 0.3) is 0 Å². The van der Waals surface area contributed by atoms with Crippen molar-refractivity contribution in [2.24, 2.45) is 0 Å². The van der Waals surface area contributed by atoms with E-state index in [-0.39, 0.29) is 0 Å². The standard InChI is InChI=1S/C11H18BrNOS/c1-15-8-4-2-3-7-13-9-10-5-6-11(12)14-10/h5-6,13H,2-4,7-9H2,1H3. The lowest BCUT2D eigenvalue weighted by atomic mass is 10.2. The van der Waals surface area contributed by atoms with Crippen LogP contribution in [0.4, 0.5) is 0 Å². The van der Waals surface area contributed by atoms with E-state index in [4.69, 9.17) is 4.42 Å². The van der Waals surface area contributed by atoms with Crippen LogP contribution < -0.4 is 5.32 Å². The van der Waals surface area contributed by atoms with Crippen molar-refractivity contribution in [1.82, 2.24) is 5.32 Å². The van der Waals surface area contributed by atoms with E-state index in [1.165, 1.54) is 25.0 Å². The Morgan fingerprint density at radius 2 is 2.20 bits per heavy atom. The molecular weight excluding hydrogens is 274 g/mol. The third-order valence-corrected chi connectivity index (χ3v) is 3.25. The summed E-state index contributed by atoms with van der Waals surface area (Å²) in [6.45, 7) is 1.90. The molecule has 0 aliphatic carbocycles. The van der Waals surface area contributed by atoms with Crippen molar-refractivity contribution in [3.63, 3.8) is 0 Å². The van der Waals surface area contributed by atoms with Crippen LogP contribution in [0.3, 0.4) is 0 Å². The summed E-state index contributed by atoms with van der Waals surface area (Å²) in [5, 5.41) is 3.37. The second-order valence-corrected chi connectivity index (χ2v) is 5.20. The molecule has 86 valence electrons. The highest BCUT2D eigenvalue weighted by Gasteiger charge is 1.97. The maximum absolute atomic E-state index is 5.38. The number of rotatable bonds is 8. The van der Waals surface area contributed by atoms with Gasteiger partial charge in [0, 0.05) is 0 Å². The van der Waals surface area contributed by atoms with Gasteiger partial charge in [0.1, 0.15) is 5.76 Å². The van der Waals surface area contributed by atoms with Gasteiger partial charge in [-0.2, -0.15) is 11.8 Å². The van der Waals surface area contributed by atoms with Gasteiger partial charge in [-0.1, -0.05) is 6.42 Å². The molecule has 0 fully saturated rings. The highest BCUT2D eigenvalue weighted by Crippen LogP contribution is 2.13. The van der Waals surface area contributed by atoms with E-state index < -0.39 is 0 Å². The van der Waals surface area contributed by atoms with Crippen molar-refractivity contribution in [1.29, 1.82) is 0 Å². The Bertz CT molecular complexity index is 265. The molecule has 1 aromatic heterocycles. The van der Waals surface area contributed by atoms with Gasteiger partial charge in [-0.05, 0) is 59.5 Å². The van der Waals surface area contributed by atoms with Crippen molar-refractivity contribution in [2.45, 2.75) is 25.8 Å². The molecule has 0 aromatic carbocycles. The molecule has 4 heteroatoms. The lowest BCUT2D eigenvalue weighted by molar-refractivity contribution is 0.462. The third kappa shape index (κ3) is 6.28. The highest BCUT2D eigenvalue weighted by molar-refractivity contribution is 9.10. The summed E-state index contributed by atoms with van der Waals surface area (Å²) >= 11 is 5.21. The largest absolute Gasteiger partial charge is 0.453 e. The zero-order valence-corrected chi connectivity index (χ0v) is 11.5. The number of furan rings is 1. The molecule has 1 N–H and O–H groups in total. The fraction of sp³-hybridized carbons (Fsp3) is 0.636. The van der Waals surface area contributed by atoms with Crippen LogP contribution in [0.1, 0.15) is 25.0 Å². The normalized spacial score (nSPS) is 10.8. The van der Waals surface area contributed by atoms with Crippen LogP contribution in [0, 0.1) is 0 Å². The number of nitrogens with one attached hydrogen (secondary N) is 1. The molecule has 2 nitrogen and oxygen atoms in total. The third-order valence-electron chi connectivity index (χ3n) is 2.13. The van der Waals surface area contributed by atoms with Crippen LogP contribution >= 0.6 is 27.7 Å². The Labute approximate surface area is 104 Å². The van der Waals surface area contributed by atoms with Gasteiger partial charge < -0.3 is 9.73 Å². The molecule has 0 amide bonds. The summed E-state index contributed by atoms with van der Waals surface area (Å²) in [7, 11) is 0. The Kier molecular flexibility index (Phi) is 7.22. The van der Waals surface area contributed by atoms with Crippen LogP contribution in [-0.4, -0.2) is 18.6 Å². The fourth-order valence-corrected chi connectivity index (χ4v) is 2.16. The van der Waals surface area contributed by atoms with E-state index in [2.05, 4.69) is 27.5 Å². The molecule has 0 saturated heterocycles. The molecule has 0 atom stereocenters. The quantitative estimate of drug-likeness (QED) is 0.740. The Morgan fingerprint density at radius 1 is 1.33 bits per heavy atom. The minimum Gasteiger partial charge on any atom is -0.453 e. The number of thioether (sulfide) groups is 1. The van der Waals surface area contributed by atoms with Gasteiger partial charge >= 0.3 is 0 Å². The molecule has 0 aliphatic heterocycles. The highest BCUT2D eigenvalue weighted by atomic mass is 79.9. The van der Waals surface area contributed by atoms with Gasteiger partial charge in [0.25, 0.3) is 0 Å². The van der Waals surface area contributed by atoms with Gasteiger partial charge in [0.05, 0.1) is 6.54 Å². The van der Waals surface area contributed by atoms with Crippen LogP contribution in [-0.2, 0) is 6.54 Å². The molecule has 1 rings (SSSR count). The molecule has 0 saturated carbocycles. The molecule has 0 unspecified atom stereocenters. The molecule has 1 heterocycles. The van der Waals surface area contributed by atoms with E-state index in [9.17, 15) is 0 Å². The van der Waals surface area contributed by atoms with Crippen molar-refractivity contribution < 1.29 is 4.42 Å². The SMILES string of the molecule is CSCCCCCNCc1ccc(Br)o1. The molecule has 0 radical (unpaired) electrons. The first kappa shape index (κ1) is 13.1. The van der Waals surface area contributed by atoms with Crippen LogP contribution in [0.5, 0.6) is 0 Å². The van der Waals surface area contributed by atoms with Gasteiger partial charge in [0.2, 0.25) is 0 Å². The first-order valence-electron chi connectivity index (χ1n) is 5.27. The van der Waals surface area contributed by atoms with Crippen molar-refractivity contribution in [3.8, 4) is 0 Å². The number of hydrogen-bond donors (Lipinski definition) is 1. The van der Waals surface area contributed by atoms with Crippen LogP contribution in [0.15, 0.2) is 21.2 Å². The first-order valence-corrected chi connectivity index (χ1v) is 7.45. The van der Waals surface area contributed by atoms with Crippen molar-refractivity contribution in [3.05, 3.63) is 22.6 Å². The minimum atomic E-state index is 0.805. The molecular formula is C11H18BrNOS. The Morgan fingerprint density at radius 3 is 2.87 bits per heavy atom. The summed E-state index contributed by atoms with van der Waals surface area (Å²) in [5.74, 6) is 2.27. The van der Waals surface area contributed by atoms with E-state index >= 15 is 0 Å². The number of unbranched alkanes of at least 4 members (excludes halogenated alkanes) is 2. The van der Waals surface area contributed by atoms with E-state index in [1.54, 1.807) is 0 Å². The molecule has 0 aliphatic rings. The second-order valence-electron chi connectivity index (χ2n) is 3.44. The lowest BCUT2D eigenvalue weighted by Crippen LogP contribution is -2.14. The summed E-state index contributed by atoms with van der Waals surface area (Å²) in [4.78, 5) is 0. The van der Waals surface area contributed by atoms with E-state index in [1.807, 2.05) is 23.9 Å². The van der Waals surface area contributed by atoms with E-state index in [0.717, 1.165) is 23.5 Å². The molecule has 1 aromatic rings. The minimum absolute atomic E-state index is 0.805. The Balaban J connectivity index is 1.93. The second kappa shape index (κ2) is 8.25. The topological polar surface area (TPSA) is 25.2 Å². The average molecular weight is 292 g/mol. The summed E-state index contributed by atoms with van der Waals surface area (Å²) in [6, 6.07) is 3.92. The van der Waals surface area contributed by atoms with Crippen molar-refractivity contribution >= 4 is 27.7 Å². The smallest absolute Gasteiger partial charge is 0.169 e. The van der Waals surface area contributed by atoms with Gasteiger partial charge in [-0.3, -0.25) is 0 Å². The van der Waals surface area contributed by atoms with Crippen molar-refractivity contribution in [2.75, 3.05) is 18.6 Å². The van der Waals surface area contributed by atoms with Gasteiger partial charge in [0.15, 0.2) is 4.67 Å². The maximum atomic E-state index is 5.38. The van der Waals surface area contributed by atoms with Crippen LogP contribution in [0.2, 0.25) is 0 Å². The number of hydrogen-bond acceptors (Lipinski definition) is 3. The first-order chi connectivity index (χ1) is 7.33. The average Bonchev–Trinajstić information content (AvgIpc) is 2.63. The summed E-state index contributed by atoms with van der Waals surface area (Å²) in [5.41, 5.74) is 0. The Hall–Kier alpha value is 0.0700. The zero-order chi connectivity index (χ0) is 10.9. The fourth-order valence-electron chi connectivity index (χ4n) is 1.33.